The maximum Gasteiger partial charge on any atom is 0.158 e. The Labute approximate surface area is 177 Å². The van der Waals surface area contributed by atoms with Crippen LogP contribution in [0.25, 0.3) is 17.0 Å². The average molecular weight is 405 g/mol. The largest absolute Gasteiger partial charge is 0.497 e. The van der Waals surface area contributed by atoms with Crippen molar-refractivity contribution < 1.29 is 14.2 Å². The van der Waals surface area contributed by atoms with E-state index in [1.165, 1.54) is 11.1 Å². The molecule has 1 saturated heterocycles. The number of pyridine rings is 1. The van der Waals surface area contributed by atoms with Crippen LogP contribution < -0.4 is 10.1 Å². The van der Waals surface area contributed by atoms with Gasteiger partial charge in [0.15, 0.2) is 6.29 Å². The normalized spacial score (nSPS) is 19.4. The second-order valence-corrected chi connectivity index (χ2v) is 7.41. The quantitative estimate of drug-likeness (QED) is 0.609. The van der Waals surface area contributed by atoms with Gasteiger partial charge in [0.25, 0.3) is 0 Å². The predicted octanol–water partition coefficient (Wildman–Crippen LogP) is 4.22. The van der Waals surface area contributed by atoms with Crippen molar-refractivity contribution in [3.8, 4) is 5.75 Å². The van der Waals surface area contributed by atoms with Crippen molar-refractivity contribution in [2.45, 2.75) is 25.2 Å². The third-order valence-corrected chi connectivity index (χ3v) is 5.29. The summed E-state index contributed by atoms with van der Waals surface area (Å²) >= 11 is 0. The molecular formula is C25H28N2O3. The molecule has 0 atom stereocenters. The van der Waals surface area contributed by atoms with Gasteiger partial charge in [-0.3, -0.25) is 4.98 Å². The maximum atomic E-state index is 5.94. The first-order valence-electron chi connectivity index (χ1n) is 10.4. The van der Waals surface area contributed by atoms with Crippen LogP contribution >= 0.6 is 0 Å². The highest BCUT2D eigenvalue weighted by molar-refractivity contribution is 5.83. The fraction of sp³-hybridized carbons (Fsp3) is 0.320. The van der Waals surface area contributed by atoms with Gasteiger partial charge in [-0.2, -0.15) is 0 Å². The highest BCUT2D eigenvalue weighted by Gasteiger charge is 2.21. The van der Waals surface area contributed by atoms with Crippen LogP contribution in [-0.2, 0) is 15.9 Å². The Hall–Kier alpha value is -2.73. The van der Waals surface area contributed by atoms with E-state index in [0.717, 1.165) is 36.0 Å². The highest BCUT2D eigenvalue weighted by atomic mass is 16.7. The number of hydrogen-bond acceptors (Lipinski definition) is 5. The zero-order valence-corrected chi connectivity index (χ0v) is 17.3. The molecule has 1 fully saturated rings. The number of fused-ring (bicyclic) bond motifs is 1. The molecule has 30 heavy (non-hydrogen) atoms. The zero-order chi connectivity index (χ0) is 20.6. The Morgan fingerprint density at radius 1 is 1.10 bits per heavy atom. The number of nitrogens with zero attached hydrogens (tertiary/aromatic N) is 1. The van der Waals surface area contributed by atoms with E-state index in [-0.39, 0.29) is 12.3 Å². The van der Waals surface area contributed by atoms with Crippen LogP contribution in [0.1, 0.15) is 17.5 Å². The predicted molar refractivity (Wildman–Crippen MR) is 120 cm³/mol. The second-order valence-electron chi connectivity index (χ2n) is 7.41. The fourth-order valence-electron chi connectivity index (χ4n) is 3.62. The lowest BCUT2D eigenvalue weighted by Crippen LogP contribution is -2.44. The lowest BCUT2D eigenvalue weighted by Gasteiger charge is -2.30. The molecule has 0 saturated carbocycles. The number of hydrogen-bond donors (Lipinski definition) is 1. The molecule has 0 radical (unpaired) electrons. The first-order chi connectivity index (χ1) is 14.8. The van der Waals surface area contributed by atoms with Gasteiger partial charge in [-0.25, -0.2) is 0 Å². The van der Waals surface area contributed by atoms with E-state index in [2.05, 4.69) is 40.7 Å². The van der Waals surface area contributed by atoms with Crippen LogP contribution in [-0.4, -0.2) is 44.2 Å². The summed E-state index contributed by atoms with van der Waals surface area (Å²) in [7, 11) is 1.68. The van der Waals surface area contributed by atoms with Crippen LogP contribution in [0, 0.1) is 0 Å². The number of aryl methyl sites for hydroxylation is 1. The van der Waals surface area contributed by atoms with Gasteiger partial charge < -0.3 is 19.5 Å². The van der Waals surface area contributed by atoms with E-state index < -0.39 is 0 Å². The standard InChI is InChI=1S/C25H28N2O3/c1-28-22-10-11-24-23(16-22)20(13-15-27-24)9-12-25-29-17-21(18-30-25)26-14-5-8-19-6-3-2-4-7-19/h2-8,10-11,13,15-16,21,25-26H,9,12,14,17-18H2,1H3/b8-5+/t21-,25-. The second kappa shape index (κ2) is 10.3. The summed E-state index contributed by atoms with van der Waals surface area (Å²) in [5.74, 6) is 0.845. The molecule has 0 aliphatic carbocycles. The first-order valence-corrected chi connectivity index (χ1v) is 10.4. The average Bonchev–Trinajstić information content (AvgIpc) is 2.81. The molecule has 3 aromatic rings. The molecular weight excluding hydrogens is 376 g/mol. The molecule has 0 amide bonds. The van der Waals surface area contributed by atoms with E-state index >= 15 is 0 Å². The Kier molecular flexibility index (Phi) is 7.08. The third-order valence-electron chi connectivity index (χ3n) is 5.29. The van der Waals surface area contributed by atoms with Crippen molar-refractivity contribution in [1.82, 2.24) is 10.3 Å². The SMILES string of the molecule is COc1ccc2nccc(CC[C@H]3OC[C@H](NC/C=C/c4ccccc4)CO3)c2c1. The summed E-state index contributed by atoms with van der Waals surface area (Å²) in [5.41, 5.74) is 3.42. The van der Waals surface area contributed by atoms with Gasteiger partial charge in [-0.15, -0.1) is 0 Å². The van der Waals surface area contributed by atoms with Crippen molar-refractivity contribution in [2.75, 3.05) is 26.9 Å². The topological polar surface area (TPSA) is 52.6 Å². The summed E-state index contributed by atoms with van der Waals surface area (Å²) in [4.78, 5) is 4.44. The van der Waals surface area contributed by atoms with E-state index in [1.54, 1.807) is 7.11 Å². The number of aromatic nitrogens is 1. The summed E-state index contributed by atoms with van der Waals surface area (Å²) in [6.07, 6.45) is 7.62. The van der Waals surface area contributed by atoms with Gasteiger partial charge in [0.05, 0.1) is 31.9 Å². The Bertz CT molecular complexity index is 967. The Morgan fingerprint density at radius 2 is 1.93 bits per heavy atom. The van der Waals surface area contributed by atoms with E-state index in [1.807, 2.05) is 42.6 Å². The number of ether oxygens (including phenoxy) is 3. The molecule has 5 heteroatoms. The van der Waals surface area contributed by atoms with Crippen molar-refractivity contribution >= 4 is 17.0 Å². The number of nitrogens with one attached hydrogen (secondary N) is 1. The van der Waals surface area contributed by atoms with Crippen LogP contribution in [0.2, 0.25) is 0 Å². The number of methoxy groups -OCH3 is 1. The molecule has 5 nitrogen and oxygen atoms in total. The van der Waals surface area contributed by atoms with Crippen LogP contribution in [0.4, 0.5) is 0 Å². The molecule has 0 spiro atoms. The van der Waals surface area contributed by atoms with Gasteiger partial charge in [-0.05, 0) is 41.8 Å². The van der Waals surface area contributed by atoms with Crippen molar-refractivity contribution in [3.63, 3.8) is 0 Å². The van der Waals surface area contributed by atoms with Crippen molar-refractivity contribution in [3.05, 3.63) is 78.0 Å². The zero-order valence-electron chi connectivity index (χ0n) is 17.3. The monoisotopic (exact) mass is 404 g/mol. The van der Waals surface area contributed by atoms with E-state index in [4.69, 9.17) is 14.2 Å². The first kappa shape index (κ1) is 20.5. The molecule has 0 bridgehead atoms. The number of benzene rings is 2. The molecule has 2 aromatic carbocycles. The third kappa shape index (κ3) is 5.45. The minimum Gasteiger partial charge on any atom is -0.497 e. The molecule has 1 N–H and O–H groups in total. The maximum absolute atomic E-state index is 5.94. The highest BCUT2D eigenvalue weighted by Crippen LogP contribution is 2.24. The molecule has 2 heterocycles. The summed E-state index contributed by atoms with van der Waals surface area (Å²) in [6, 6.07) is 18.6. The molecule has 1 aromatic heterocycles. The molecule has 1 aliphatic rings. The lowest BCUT2D eigenvalue weighted by atomic mass is 10.0. The van der Waals surface area contributed by atoms with Crippen LogP contribution in [0.5, 0.6) is 5.75 Å². The molecule has 1 aliphatic heterocycles. The molecule has 156 valence electrons. The Balaban J connectivity index is 1.23. The van der Waals surface area contributed by atoms with Gasteiger partial charge in [0.1, 0.15) is 5.75 Å². The van der Waals surface area contributed by atoms with Gasteiger partial charge >= 0.3 is 0 Å². The Morgan fingerprint density at radius 3 is 2.73 bits per heavy atom. The van der Waals surface area contributed by atoms with Gasteiger partial charge in [0, 0.05) is 24.5 Å². The molecule has 0 unspecified atom stereocenters. The summed E-state index contributed by atoms with van der Waals surface area (Å²) < 4.78 is 17.2. The number of rotatable bonds is 8. The fourth-order valence-corrected chi connectivity index (χ4v) is 3.62. The lowest BCUT2D eigenvalue weighted by molar-refractivity contribution is -0.191. The summed E-state index contributed by atoms with van der Waals surface area (Å²) in [5, 5.41) is 4.59. The summed E-state index contributed by atoms with van der Waals surface area (Å²) in [6.45, 7) is 2.12. The van der Waals surface area contributed by atoms with Crippen molar-refractivity contribution in [2.24, 2.45) is 0 Å². The van der Waals surface area contributed by atoms with E-state index in [9.17, 15) is 0 Å². The minimum absolute atomic E-state index is 0.170. The molecule has 4 rings (SSSR count). The van der Waals surface area contributed by atoms with Crippen molar-refractivity contribution in [1.29, 1.82) is 0 Å². The van der Waals surface area contributed by atoms with Gasteiger partial charge in [0.2, 0.25) is 0 Å². The smallest absolute Gasteiger partial charge is 0.158 e. The van der Waals surface area contributed by atoms with Crippen LogP contribution in [0.3, 0.4) is 0 Å². The van der Waals surface area contributed by atoms with Crippen LogP contribution in [0.15, 0.2) is 66.9 Å². The van der Waals surface area contributed by atoms with Gasteiger partial charge in [-0.1, -0.05) is 42.5 Å². The minimum atomic E-state index is -0.170. The van der Waals surface area contributed by atoms with E-state index in [0.29, 0.717) is 13.2 Å².